The van der Waals surface area contributed by atoms with Crippen molar-refractivity contribution in [3.05, 3.63) is 75.7 Å². The summed E-state index contributed by atoms with van der Waals surface area (Å²) >= 11 is 2.41. The van der Waals surface area contributed by atoms with E-state index in [9.17, 15) is 14.4 Å². The van der Waals surface area contributed by atoms with Crippen LogP contribution >= 0.6 is 23.1 Å². The highest BCUT2D eigenvalue weighted by Gasteiger charge is 2.28. The summed E-state index contributed by atoms with van der Waals surface area (Å²) in [6.45, 7) is 0.828. The number of carboxylic acids is 1. The molecule has 0 bridgehead atoms. The molecule has 0 saturated heterocycles. The Morgan fingerprint density at radius 1 is 1.03 bits per heavy atom. The van der Waals surface area contributed by atoms with E-state index in [-0.39, 0.29) is 35.6 Å². The quantitative estimate of drug-likeness (QED) is 0.365. The average Bonchev–Trinajstić information content (AvgIpc) is 3.44. The highest BCUT2D eigenvalue weighted by atomic mass is 32.2. The third-order valence-electron chi connectivity index (χ3n) is 5.29. The normalized spacial score (nSPS) is 12.0. The maximum atomic E-state index is 12.2. The standard InChI is InChI=1S/C24H23N3O5S2/c28-21(26-12-22-27-11-20(34-22)23(29)30)14-33-10-9-25-24(31)32-13-19-17-7-3-1-5-15(17)16-6-2-4-8-18(16)19/h1-8,11,19H,9-10,12-14H2,(H,25,31)(H,26,28)(H,29,30). The third-order valence-corrected chi connectivity index (χ3v) is 7.24. The third kappa shape index (κ3) is 5.75. The number of alkyl carbamates (subject to hydrolysis) is 1. The second-order valence-electron chi connectivity index (χ2n) is 7.51. The van der Waals surface area contributed by atoms with Crippen molar-refractivity contribution in [3.8, 4) is 11.1 Å². The lowest BCUT2D eigenvalue weighted by molar-refractivity contribution is -0.118. The number of amides is 2. The number of hydrogen-bond donors (Lipinski definition) is 3. The van der Waals surface area contributed by atoms with E-state index in [0.717, 1.165) is 22.5 Å². The molecule has 0 aliphatic heterocycles. The molecule has 0 fully saturated rings. The molecule has 1 aromatic heterocycles. The van der Waals surface area contributed by atoms with Crippen molar-refractivity contribution in [2.24, 2.45) is 0 Å². The van der Waals surface area contributed by atoms with E-state index in [4.69, 9.17) is 9.84 Å². The van der Waals surface area contributed by atoms with Crippen molar-refractivity contribution in [1.82, 2.24) is 15.6 Å². The molecular weight excluding hydrogens is 474 g/mol. The number of carbonyl (C=O) groups excluding carboxylic acids is 2. The Bertz CT molecular complexity index is 1150. The Morgan fingerprint density at radius 2 is 1.71 bits per heavy atom. The molecule has 8 nitrogen and oxygen atoms in total. The summed E-state index contributed by atoms with van der Waals surface area (Å²) in [5.74, 6) is -0.421. The van der Waals surface area contributed by atoms with Gasteiger partial charge in [0.1, 0.15) is 16.5 Å². The van der Waals surface area contributed by atoms with Crippen LogP contribution in [0.5, 0.6) is 0 Å². The zero-order valence-electron chi connectivity index (χ0n) is 18.2. The van der Waals surface area contributed by atoms with Gasteiger partial charge in [-0.25, -0.2) is 14.6 Å². The minimum absolute atomic E-state index is 0.0145. The average molecular weight is 498 g/mol. The highest BCUT2D eigenvalue weighted by Crippen LogP contribution is 2.44. The van der Waals surface area contributed by atoms with Crippen LogP contribution in [-0.4, -0.2) is 52.7 Å². The van der Waals surface area contributed by atoms with Gasteiger partial charge in [-0.1, -0.05) is 48.5 Å². The number of nitrogens with zero attached hydrogens (tertiary/aromatic N) is 1. The van der Waals surface area contributed by atoms with Crippen LogP contribution in [0.15, 0.2) is 54.7 Å². The molecule has 1 heterocycles. The van der Waals surface area contributed by atoms with Crippen molar-refractivity contribution >= 4 is 41.1 Å². The monoisotopic (exact) mass is 497 g/mol. The highest BCUT2D eigenvalue weighted by molar-refractivity contribution is 7.99. The Morgan fingerprint density at radius 3 is 2.35 bits per heavy atom. The SMILES string of the molecule is O=C(CSCCNC(=O)OCC1c2ccccc2-c2ccccc21)NCc1ncc(C(=O)O)s1. The summed E-state index contributed by atoms with van der Waals surface area (Å²) in [7, 11) is 0. The Kier molecular flexibility index (Phi) is 7.81. The van der Waals surface area contributed by atoms with Gasteiger partial charge < -0.3 is 20.5 Å². The van der Waals surface area contributed by atoms with E-state index < -0.39 is 12.1 Å². The first-order chi connectivity index (χ1) is 16.5. The molecule has 3 aromatic rings. The van der Waals surface area contributed by atoms with E-state index in [1.165, 1.54) is 29.1 Å². The van der Waals surface area contributed by atoms with E-state index in [1.54, 1.807) is 0 Å². The van der Waals surface area contributed by atoms with E-state index in [1.807, 2.05) is 24.3 Å². The second-order valence-corrected chi connectivity index (χ2v) is 9.73. The number of carbonyl (C=O) groups is 3. The summed E-state index contributed by atoms with van der Waals surface area (Å²) in [6.07, 6.45) is 0.794. The van der Waals surface area contributed by atoms with Crippen LogP contribution in [0.3, 0.4) is 0 Å². The first kappa shape index (κ1) is 23.8. The van der Waals surface area contributed by atoms with Crippen molar-refractivity contribution in [3.63, 3.8) is 0 Å². The Labute approximate surface area is 204 Å². The van der Waals surface area contributed by atoms with Crippen molar-refractivity contribution in [2.75, 3.05) is 24.7 Å². The van der Waals surface area contributed by atoms with Gasteiger partial charge >= 0.3 is 12.1 Å². The molecule has 176 valence electrons. The van der Waals surface area contributed by atoms with Gasteiger partial charge in [-0.15, -0.1) is 11.3 Å². The van der Waals surface area contributed by atoms with E-state index in [2.05, 4.69) is 39.9 Å². The maximum Gasteiger partial charge on any atom is 0.407 e. The van der Waals surface area contributed by atoms with Crippen LogP contribution in [0.2, 0.25) is 0 Å². The zero-order valence-corrected chi connectivity index (χ0v) is 19.8. The number of aromatic nitrogens is 1. The smallest absolute Gasteiger partial charge is 0.407 e. The van der Waals surface area contributed by atoms with Gasteiger partial charge in [0.2, 0.25) is 5.91 Å². The van der Waals surface area contributed by atoms with Crippen LogP contribution in [0.4, 0.5) is 4.79 Å². The molecular formula is C24H23N3O5S2. The number of ether oxygens (including phenoxy) is 1. The van der Waals surface area contributed by atoms with Crippen molar-refractivity contribution in [2.45, 2.75) is 12.5 Å². The summed E-state index contributed by atoms with van der Waals surface area (Å²) in [4.78, 5) is 39.0. The number of carboxylic acid groups (broad SMARTS) is 1. The molecule has 0 radical (unpaired) electrons. The molecule has 1 aliphatic rings. The Balaban J connectivity index is 1.13. The molecule has 0 unspecified atom stereocenters. The number of hydrogen-bond acceptors (Lipinski definition) is 7. The Hall–Kier alpha value is -3.37. The largest absolute Gasteiger partial charge is 0.477 e. The first-order valence-electron chi connectivity index (χ1n) is 10.6. The lowest BCUT2D eigenvalue weighted by Crippen LogP contribution is -2.29. The van der Waals surface area contributed by atoms with Gasteiger partial charge in [-0.05, 0) is 22.3 Å². The summed E-state index contributed by atoms with van der Waals surface area (Å²) in [5.41, 5.74) is 4.68. The fourth-order valence-electron chi connectivity index (χ4n) is 3.76. The van der Waals surface area contributed by atoms with Crippen LogP contribution in [-0.2, 0) is 16.1 Å². The molecule has 2 amide bonds. The lowest BCUT2D eigenvalue weighted by Gasteiger charge is -2.14. The molecule has 0 saturated carbocycles. The zero-order chi connectivity index (χ0) is 23.9. The van der Waals surface area contributed by atoms with E-state index >= 15 is 0 Å². The number of nitrogens with one attached hydrogen (secondary N) is 2. The fourth-order valence-corrected chi connectivity index (χ4v) is 5.13. The number of thiazole rings is 1. The minimum atomic E-state index is -1.03. The number of fused-ring (bicyclic) bond motifs is 3. The summed E-state index contributed by atoms with van der Waals surface area (Å²) < 4.78 is 5.49. The van der Waals surface area contributed by atoms with Gasteiger partial charge in [0.25, 0.3) is 0 Å². The predicted molar refractivity (Wildman–Crippen MR) is 131 cm³/mol. The van der Waals surface area contributed by atoms with Crippen LogP contribution < -0.4 is 10.6 Å². The summed E-state index contributed by atoms with van der Waals surface area (Å²) in [5, 5.41) is 14.8. The topological polar surface area (TPSA) is 118 Å². The summed E-state index contributed by atoms with van der Waals surface area (Å²) in [6, 6.07) is 16.3. The van der Waals surface area contributed by atoms with Crippen LogP contribution in [0.25, 0.3) is 11.1 Å². The molecule has 34 heavy (non-hydrogen) atoms. The first-order valence-corrected chi connectivity index (χ1v) is 12.6. The predicted octanol–water partition coefficient (Wildman–Crippen LogP) is 3.73. The van der Waals surface area contributed by atoms with Gasteiger partial charge in [0.05, 0.1) is 18.5 Å². The number of thioether (sulfide) groups is 1. The molecule has 0 spiro atoms. The minimum Gasteiger partial charge on any atom is -0.477 e. The van der Waals surface area contributed by atoms with E-state index in [0.29, 0.717) is 17.3 Å². The second kappa shape index (κ2) is 11.2. The van der Waals surface area contributed by atoms with Gasteiger partial charge in [0.15, 0.2) is 0 Å². The molecule has 1 aliphatic carbocycles. The van der Waals surface area contributed by atoms with Gasteiger partial charge in [0, 0.05) is 18.2 Å². The number of rotatable bonds is 10. The number of aromatic carboxylic acids is 1. The van der Waals surface area contributed by atoms with Gasteiger partial charge in [-0.3, -0.25) is 4.79 Å². The maximum absolute atomic E-state index is 12.2. The molecule has 3 N–H and O–H groups in total. The van der Waals surface area contributed by atoms with Crippen LogP contribution in [0.1, 0.15) is 31.7 Å². The molecule has 4 rings (SSSR count). The molecule has 2 aromatic carbocycles. The van der Waals surface area contributed by atoms with Crippen LogP contribution in [0, 0.1) is 0 Å². The van der Waals surface area contributed by atoms with Crippen molar-refractivity contribution < 1.29 is 24.2 Å². The van der Waals surface area contributed by atoms with Gasteiger partial charge in [-0.2, -0.15) is 11.8 Å². The molecule has 10 heteroatoms. The number of benzene rings is 2. The molecule has 0 atom stereocenters. The van der Waals surface area contributed by atoms with Crippen molar-refractivity contribution in [1.29, 1.82) is 0 Å². The fraction of sp³-hybridized carbons (Fsp3) is 0.250. The lowest BCUT2D eigenvalue weighted by atomic mass is 9.98.